The van der Waals surface area contributed by atoms with Crippen LogP contribution in [0.2, 0.25) is 0 Å². The van der Waals surface area contributed by atoms with Gasteiger partial charge in [0.05, 0.1) is 22.6 Å². The molecule has 7 nitrogen and oxygen atoms in total. The van der Waals surface area contributed by atoms with Crippen LogP contribution in [0.25, 0.3) is 6.08 Å². The molecule has 2 aliphatic rings. The Morgan fingerprint density at radius 1 is 1.21 bits per heavy atom. The zero-order valence-electron chi connectivity index (χ0n) is 15.4. The van der Waals surface area contributed by atoms with Crippen molar-refractivity contribution in [2.24, 2.45) is 5.92 Å². The predicted molar refractivity (Wildman–Crippen MR) is 103 cm³/mol. The molecule has 1 aliphatic carbocycles. The Labute approximate surface area is 162 Å². The van der Waals surface area contributed by atoms with Crippen LogP contribution in [0.5, 0.6) is 11.5 Å². The minimum absolute atomic E-state index is 0.0275. The number of amides is 1. The summed E-state index contributed by atoms with van der Waals surface area (Å²) >= 11 is 0. The van der Waals surface area contributed by atoms with Crippen LogP contribution in [0.15, 0.2) is 42.5 Å². The van der Waals surface area contributed by atoms with Crippen molar-refractivity contribution in [3.8, 4) is 11.5 Å². The standard InChI is InChI=1S/C21H20N2O5/c1-13-2-4-14(5-3-13)21(15-6-7-15)22-20(24)9-8-16-10-18-19(28-12-27-18)11-17(16)23(25)26/h2-5,8-11,15,21H,6-7,12H2,1H3,(H,22,24)/b9-8+. The highest BCUT2D eigenvalue weighted by Gasteiger charge is 2.33. The number of benzene rings is 2. The van der Waals surface area contributed by atoms with Gasteiger partial charge in [-0.2, -0.15) is 0 Å². The topological polar surface area (TPSA) is 90.7 Å². The van der Waals surface area contributed by atoms with E-state index in [0.717, 1.165) is 18.4 Å². The van der Waals surface area contributed by atoms with E-state index in [1.54, 1.807) is 0 Å². The Kier molecular flexibility index (Phi) is 4.73. The fourth-order valence-corrected chi connectivity index (χ4v) is 3.28. The second-order valence-electron chi connectivity index (χ2n) is 7.09. The molecule has 1 N–H and O–H groups in total. The molecule has 0 radical (unpaired) electrons. The molecule has 1 atom stereocenters. The summed E-state index contributed by atoms with van der Waals surface area (Å²) in [5.74, 6) is 0.909. The molecule has 0 spiro atoms. The van der Waals surface area contributed by atoms with Crippen LogP contribution in [-0.4, -0.2) is 17.6 Å². The van der Waals surface area contributed by atoms with Gasteiger partial charge in [0.1, 0.15) is 0 Å². The summed E-state index contributed by atoms with van der Waals surface area (Å²) in [6.07, 6.45) is 4.93. The van der Waals surface area contributed by atoms with Gasteiger partial charge in [-0.3, -0.25) is 14.9 Å². The third-order valence-electron chi connectivity index (χ3n) is 4.96. The van der Waals surface area contributed by atoms with Crippen molar-refractivity contribution < 1.29 is 19.2 Å². The molecule has 2 aromatic carbocycles. The lowest BCUT2D eigenvalue weighted by Crippen LogP contribution is -2.28. The highest BCUT2D eigenvalue weighted by atomic mass is 16.7. The molecule has 4 rings (SSSR count). The number of aryl methyl sites for hydroxylation is 1. The molecular formula is C21H20N2O5. The number of nitro benzene ring substituents is 1. The van der Waals surface area contributed by atoms with E-state index >= 15 is 0 Å². The summed E-state index contributed by atoms with van der Waals surface area (Å²) in [5, 5.41) is 14.4. The molecule has 144 valence electrons. The number of hydrogen-bond acceptors (Lipinski definition) is 5. The summed E-state index contributed by atoms with van der Waals surface area (Å²) in [6.45, 7) is 2.05. The SMILES string of the molecule is Cc1ccc(C(NC(=O)/C=C/c2cc3c(cc2[N+](=O)[O-])OCO3)C2CC2)cc1. The van der Waals surface area contributed by atoms with Crippen molar-refractivity contribution >= 4 is 17.7 Å². The third-order valence-corrected chi connectivity index (χ3v) is 4.96. The molecule has 0 bridgehead atoms. The molecule has 0 aromatic heterocycles. The molecular weight excluding hydrogens is 360 g/mol. The quantitative estimate of drug-likeness (QED) is 0.466. The van der Waals surface area contributed by atoms with Gasteiger partial charge < -0.3 is 14.8 Å². The van der Waals surface area contributed by atoms with Crippen LogP contribution < -0.4 is 14.8 Å². The number of rotatable bonds is 6. The first-order chi connectivity index (χ1) is 13.5. The summed E-state index contributed by atoms with van der Waals surface area (Å²) in [6, 6.07) is 10.9. The average Bonchev–Trinajstić information content (AvgIpc) is 3.41. The van der Waals surface area contributed by atoms with Crippen LogP contribution in [-0.2, 0) is 4.79 Å². The maximum atomic E-state index is 12.5. The van der Waals surface area contributed by atoms with E-state index in [4.69, 9.17) is 9.47 Å². The molecule has 1 unspecified atom stereocenters. The lowest BCUT2D eigenvalue weighted by Gasteiger charge is -2.18. The van der Waals surface area contributed by atoms with E-state index in [0.29, 0.717) is 23.0 Å². The highest BCUT2D eigenvalue weighted by molar-refractivity contribution is 5.92. The van der Waals surface area contributed by atoms with Gasteiger partial charge in [0.25, 0.3) is 5.69 Å². The fourth-order valence-electron chi connectivity index (χ4n) is 3.28. The normalized spacial score (nSPS) is 16.2. The van der Waals surface area contributed by atoms with Gasteiger partial charge in [-0.25, -0.2) is 0 Å². The van der Waals surface area contributed by atoms with Gasteiger partial charge in [0.15, 0.2) is 11.5 Å². The predicted octanol–water partition coefficient (Wildman–Crippen LogP) is 3.91. The first-order valence-electron chi connectivity index (χ1n) is 9.14. The summed E-state index contributed by atoms with van der Waals surface area (Å²) in [4.78, 5) is 23.3. The van der Waals surface area contributed by atoms with E-state index in [1.165, 1.54) is 29.8 Å². The van der Waals surface area contributed by atoms with Crippen molar-refractivity contribution in [2.75, 3.05) is 6.79 Å². The van der Waals surface area contributed by atoms with Crippen molar-refractivity contribution in [2.45, 2.75) is 25.8 Å². The zero-order chi connectivity index (χ0) is 19.7. The lowest BCUT2D eigenvalue weighted by atomic mass is 10.0. The number of carbonyl (C=O) groups is 1. The van der Waals surface area contributed by atoms with Crippen LogP contribution in [0, 0.1) is 23.0 Å². The molecule has 0 saturated heterocycles. The Balaban J connectivity index is 1.52. The molecule has 1 aliphatic heterocycles. The van der Waals surface area contributed by atoms with Crippen LogP contribution in [0.4, 0.5) is 5.69 Å². The summed E-state index contributed by atoms with van der Waals surface area (Å²) in [5.41, 5.74) is 2.40. The van der Waals surface area contributed by atoms with E-state index in [-0.39, 0.29) is 24.4 Å². The summed E-state index contributed by atoms with van der Waals surface area (Å²) < 4.78 is 10.5. The number of nitro groups is 1. The van der Waals surface area contributed by atoms with Gasteiger partial charge in [0, 0.05) is 6.08 Å². The minimum atomic E-state index is -0.501. The second kappa shape index (κ2) is 7.34. The number of nitrogens with one attached hydrogen (secondary N) is 1. The Morgan fingerprint density at radius 3 is 2.54 bits per heavy atom. The van der Waals surface area contributed by atoms with E-state index in [2.05, 4.69) is 5.32 Å². The lowest BCUT2D eigenvalue weighted by molar-refractivity contribution is -0.385. The van der Waals surface area contributed by atoms with Crippen molar-refractivity contribution in [3.05, 3.63) is 69.3 Å². The molecule has 1 amide bonds. The van der Waals surface area contributed by atoms with Gasteiger partial charge in [-0.1, -0.05) is 29.8 Å². The van der Waals surface area contributed by atoms with Crippen LogP contribution in [0.3, 0.4) is 0 Å². The third kappa shape index (κ3) is 3.83. The maximum absolute atomic E-state index is 12.5. The van der Waals surface area contributed by atoms with Gasteiger partial charge in [0.2, 0.25) is 12.7 Å². The molecule has 7 heteroatoms. The number of carbonyl (C=O) groups excluding carboxylic acids is 1. The number of hydrogen-bond donors (Lipinski definition) is 1. The Hall–Kier alpha value is -3.35. The first kappa shape index (κ1) is 18.0. The average molecular weight is 380 g/mol. The van der Waals surface area contributed by atoms with Crippen molar-refractivity contribution in [1.29, 1.82) is 0 Å². The number of fused-ring (bicyclic) bond motifs is 1. The van der Waals surface area contributed by atoms with Crippen LogP contribution >= 0.6 is 0 Å². The summed E-state index contributed by atoms with van der Waals surface area (Å²) in [7, 11) is 0. The van der Waals surface area contributed by atoms with Gasteiger partial charge in [-0.15, -0.1) is 0 Å². The van der Waals surface area contributed by atoms with E-state index in [9.17, 15) is 14.9 Å². The molecule has 1 heterocycles. The molecule has 1 saturated carbocycles. The van der Waals surface area contributed by atoms with Crippen molar-refractivity contribution in [1.82, 2.24) is 5.32 Å². The largest absolute Gasteiger partial charge is 0.454 e. The zero-order valence-corrected chi connectivity index (χ0v) is 15.4. The number of ether oxygens (including phenoxy) is 2. The Bertz CT molecular complexity index is 948. The molecule has 28 heavy (non-hydrogen) atoms. The van der Waals surface area contributed by atoms with E-state index < -0.39 is 4.92 Å². The van der Waals surface area contributed by atoms with E-state index in [1.807, 2.05) is 31.2 Å². The first-order valence-corrected chi connectivity index (χ1v) is 9.14. The highest BCUT2D eigenvalue weighted by Crippen LogP contribution is 2.41. The minimum Gasteiger partial charge on any atom is -0.454 e. The van der Waals surface area contributed by atoms with Crippen molar-refractivity contribution in [3.63, 3.8) is 0 Å². The second-order valence-corrected chi connectivity index (χ2v) is 7.09. The maximum Gasteiger partial charge on any atom is 0.280 e. The smallest absolute Gasteiger partial charge is 0.280 e. The van der Waals surface area contributed by atoms with Gasteiger partial charge in [-0.05, 0) is 43.4 Å². The van der Waals surface area contributed by atoms with Crippen LogP contribution in [0.1, 0.15) is 35.6 Å². The molecule has 1 fully saturated rings. The van der Waals surface area contributed by atoms with Gasteiger partial charge >= 0.3 is 0 Å². The number of nitrogens with zero attached hydrogens (tertiary/aromatic N) is 1. The monoisotopic (exact) mass is 380 g/mol. The Morgan fingerprint density at radius 2 is 1.89 bits per heavy atom. The molecule has 2 aromatic rings. The fraction of sp³-hybridized carbons (Fsp3) is 0.286.